The van der Waals surface area contributed by atoms with Gasteiger partial charge in [0.25, 0.3) is 20.2 Å². The third-order valence-electron chi connectivity index (χ3n) is 3.42. The molecule has 3 rings (SSSR count). The van der Waals surface area contributed by atoms with Crippen LogP contribution in [0, 0.1) is 0 Å². The molecule has 2 aromatic rings. The van der Waals surface area contributed by atoms with E-state index in [1.807, 2.05) is 0 Å². The third kappa shape index (κ3) is 4.83. The summed E-state index contributed by atoms with van der Waals surface area (Å²) in [6.07, 6.45) is 0.331. The Morgan fingerprint density at radius 2 is 1.09 bits per heavy atom. The summed E-state index contributed by atoms with van der Waals surface area (Å²) in [5.41, 5.74) is 2.90. The number of rotatable bonds is 2. The zero-order valence-electron chi connectivity index (χ0n) is 14.5. The Hall–Kier alpha value is 1.53. The molecule has 2 N–H and O–H groups in total. The van der Waals surface area contributed by atoms with E-state index in [2.05, 4.69) is 0 Å². The van der Waals surface area contributed by atoms with Gasteiger partial charge in [0.1, 0.15) is 0 Å². The maximum Gasteiger partial charge on any atom is 1.00 e. The fourth-order valence-electron chi connectivity index (χ4n) is 2.48. The van der Waals surface area contributed by atoms with Gasteiger partial charge in [-0.1, -0.05) is 12.1 Å². The van der Waals surface area contributed by atoms with Gasteiger partial charge in [-0.15, -0.1) is 0 Å². The predicted octanol–water partition coefficient (Wildman–Crippen LogP) is -4.02. The summed E-state index contributed by atoms with van der Waals surface area (Å²) in [4.78, 5) is -0.409. The number of hydrogen-bond acceptors (Lipinski definition) is 4. The van der Waals surface area contributed by atoms with Crippen LogP contribution in [-0.4, -0.2) is 25.9 Å². The first-order valence-corrected chi connectivity index (χ1v) is 8.75. The van der Waals surface area contributed by atoms with Crippen molar-refractivity contribution in [3.63, 3.8) is 0 Å². The molecule has 0 unspecified atom stereocenters. The van der Waals surface area contributed by atoms with Crippen LogP contribution in [0.15, 0.2) is 46.2 Å². The molecule has 0 bridgehead atoms. The molecule has 0 spiro atoms. The van der Waals surface area contributed by atoms with E-state index in [1.54, 1.807) is 12.1 Å². The molecule has 0 aromatic heterocycles. The van der Waals surface area contributed by atoms with Gasteiger partial charge in [0, 0.05) is 0 Å². The SMILES string of the molecule is O=S(=O)(O)c1ccc2c(c1)Cc1cc(S(=O)(=O)O)ccc1-2.[H-].[H-].[K+].[K+]. The fourth-order valence-corrected chi connectivity index (χ4v) is 3.55. The standard InChI is InChI=1S/C13H10O6S2.2K.2H/c14-20(15,16)10-1-3-12-8(6-10)5-9-7-11(21(17,18)19)2-4-13(9)12;;;;/h1-4,6-7H,5H2,(H,14,15,16)(H,17,18,19);;;;/q;2*+1;2*-1. The van der Waals surface area contributed by atoms with Crippen molar-refractivity contribution in [2.45, 2.75) is 16.2 Å². The molecule has 23 heavy (non-hydrogen) atoms. The van der Waals surface area contributed by atoms with E-state index in [-0.39, 0.29) is 115 Å². The Bertz CT molecular complexity index is 899. The Kier molecular flexibility index (Phi) is 7.90. The van der Waals surface area contributed by atoms with Gasteiger partial charge in [0.2, 0.25) is 0 Å². The molecule has 0 heterocycles. The molecule has 0 radical (unpaired) electrons. The minimum Gasteiger partial charge on any atom is -1.00 e. The van der Waals surface area contributed by atoms with Crippen molar-refractivity contribution < 1.29 is 132 Å². The van der Waals surface area contributed by atoms with Crippen molar-refractivity contribution in [3.05, 3.63) is 47.5 Å². The molecule has 114 valence electrons. The second kappa shape index (κ2) is 8.05. The van der Waals surface area contributed by atoms with Gasteiger partial charge in [-0.2, -0.15) is 16.8 Å². The maximum absolute atomic E-state index is 11.1. The summed E-state index contributed by atoms with van der Waals surface area (Å²) in [5.74, 6) is 0. The molecule has 0 saturated heterocycles. The minimum atomic E-state index is -4.28. The number of hydrogen-bond donors (Lipinski definition) is 2. The van der Waals surface area contributed by atoms with Gasteiger partial charge in [-0.25, -0.2) is 0 Å². The molecule has 1 aliphatic carbocycles. The first-order chi connectivity index (χ1) is 9.66. The van der Waals surface area contributed by atoms with Crippen LogP contribution in [0.5, 0.6) is 0 Å². The molecule has 0 atom stereocenters. The Balaban J connectivity index is 0. The van der Waals surface area contributed by atoms with Crippen LogP contribution in [0.25, 0.3) is 11.1 Å². The quantitative estimate of drug-likeness (QED) is 0.332. The summed E-state index contributed by atoms with van der Waals surface area (Å²) in [7, 11) is -8.56. The molecule has 0 aliphatic heterocycles. The fraction of sp³-hybridized carbons (Fsp3) is 0.0769. The Labute approximate surface area is 222 Å². The van der Waals surface area contributed by atoms with E-state index in [4.69, 9.17) is 9.11 Å². The molecular weight excluding hydrogens is 394 g/mol. The first-order valence-electron chi connectivity index (χ1n) is 5.87. The van der Waals surface area contributed by atoms with E-state index >= 15 is 0 Å². The number of benzene rings is 2. The van der Waals surface area contributed by atoms with Crippen LogP contribution in [0.4, 0.5) is 0 Å². The largest absolute Gasteiger partial charge is 1.00 e. The summed E-state index contributed by atoms with van der Waals surface area (Å²) >= 11 is 0. The van der Waals surface area contributed by atoms with Gasteiger partial charge < -0.3 is 2.85 Å². The van der Waals surface area contributed by atoms with Crippen LogP contribution in [0.1, 0.15) is 14.0 Å². The Morgan fingerprint density at radius 3 is 1.39 bits per heavy atom. The van der Waals surface area contributed by atoms with Crippen LogP contribution < -0.4 is 103 Å². The zero-order valence-corrected chi connectivity index (χ0v) is 20.4. The topological polar surface area (TPSA) is 109 Å². The van der Waals surface area contributed by atoms with Crippen LogP contribution >= 0.6 is 0 Å². The van der Waals surface area contributed by atoms with E-state index < -0.39 is 20.2 Å². The van der Waals surface area contributed by atoms with E-state index in [9.17, 15) is 16.8 Å². The summed E-state index contributed by atoms with van der Waals surface area (Å²) in [5, 5.41) is 0. The van der Waals surface area contributed by atoms with Crippen LogP contribution in [0.3, 0.4) is 0 Å². The normalized spacial score (nSPS) is 12.6. The smallest absolute Gasteiger partial charge is 1.00 e. The van der Waals surface area contributed by atoms with E-state index in [1.165, 1.54) is 24.3 Å². The van der Waals surface area contributed by atoms with Gasteiger partial charge in [-0.3, -0.25) is 9.11 Å². The molecule has 0 amide bonds. The predicted molar refractivity (Wildman–Crippen MR) is 76.5 cm³/mol. The summed E-state index contributed by atoms with van der Waals surface area (Å²) < 4.78 is 62.6. The second-order valence-corrected chi connectivity index (χ2v) is 7.61. The average Bonchev–Trinajstić information content (AvgIpc) is 2.73. The second-order valence-electron chi connectivity index (χ2n) is 4.76. The minimum absolute atomic E-state index is 0. The van der Waals surface area contributed by atoms with Crippen molar-refractivity contribution in [2.24, 2.45) is 0 Å². The van der Waals surface area contributed by atoms with Crippen molar-refractivity contribution in [1.29, 1.82) is 0 Å². The first kappa shape index (κ1) is 22.6. The van der Waals surface area contributed by atoms with Gasteiger partial charge >= 0.3 is 103 Å². The zero-order chi connectivity index (χ0) is 15.4. The third-order valence-corrected chi connectivity index (χ3v) is 5.12. The van der Waals surface area contributed by atoms with Crippen molar-refractivity contribution >= 4 is 20.2 Å². The van der Waals surface area contributed by atoms with Gasteiger partial charge in [-0.05, 0) is 52.9 Å². The van der Waals surface area contributed by atoms with Gasteiger partial charge in [0.15, 0.2) is 0 Å². The summed E-state index contributed by atoms with van der Waals surface area (Å²) in [6.45, 7) is 0. The number of fused-ring (bicyclic) bond motifs is 3. The van der Waals surface area contributed by atoms with Crippen LogP contribution in [0.2, 0.25) is 0 Å². The van der Waals surface area contributed by atoms with Crippen molar-refractivity contribution in [1.82, 2.24) is 0 Å². The summed E-state index contributed by atoms with van der Waals surface area (Å²) in [6, 6.07) is 8.43. The van der Waals surface area contributed by atoms with Crippen molar-refractivity contribution in [3.8, 4) is 11.1 Å². The molecule has 1 aliphatic rings. The molecular formula is C13H12K2O6S2. The molecule has 10 heteroatoms. The molecule has 2 aromatic carbocycles. The molecule has 0 fully saturated rings. The monoisotopic (exact) mass is 406 g/mol. The molecule has 6 nitrogen and oxygen atoms in total. The van der Waals surface area contributed by atoms with E-state index in [0.29, 0.717) is 17.5 Å². The molecule has 0 saturated carbocycles. The Morgan fingerprint density at radius 1 is 0.739 bits per heavy atom. The van der Waals surface area contributed by atoms with Gasteiger partial charge in [0.05, 0.1) is 9.79 Å². The van der Waals surface area contributed by atoms with Crippen LogP contribution in [-0.2, 0) is 26.7 Å². The average molecular weight is 407 g/mol. The van der Waals surface area contributed by atoms with E-state index in [0.717, 1.165) is 11.1 Å². The maximum atomic E-state index is 11.1. The van der Waals surface area contributed by atoms with Crippen molar-refractivity contribution in [2.75, 3.05) is 0 Å².